The van der Waals surface area contributed by atoms with Crippen LogP contribution >= 0.6 is 0 Å². The molecular weight excluding hydrogens is 368 g/mol. The fourth-order valence-electron chi connectivity index (χ4n) is 3.47. The molecule has 1 amide bonds. The minimum atomic E-state index is -0.787. The highest BCUT2D eigenvalue weighted by Crippen LogP contribution is 2.42. The van der Waals surface area contributed by atoms with Crippen LogP contribution in [-0.2, 0) is 9.59 Å². The van der Waals surface area contributed by atoms with E-state index in [0.717, 1.165) is 0 Å². The van der Waals surface area contributed by atoms with Gasteiger partial charge >= 0.3 is 0 Å². The second kappa shape index (κ2) is 7.59. The first-order valence-electron chi connectivity index (χ1n) is 9.02. The highest BCUT2D eigenvalue weighted by molar-refractivity contribution is 6.51. The van der Waals surface area contributed by atoms with Gasteiger partial charge in [-0.2, -0.15) is 0 Å². The van der Waals surface area contributed by atoms with Gasteiger partial charge in [-0.25, -0.2) is 0 Å². The predicted molar refractivity (Wildman–Crippen MR) is 108 cm³/mol. The van der Waals surface area contributed by atoms with Gasteiger partial charge in [0.1, 0.15) is 11.5 Å². The van der Waals surface area contributed by atoms with Crippen molar-refractivity contribution in [3.63, 3.8) is 0 Å². The number of aromatic nitrogens is 1. The largest absolute Gasteiger partial charge is 0.507 e. The van der Waals surface area contributed by atoms with Gasteiger partial charge in [0, 0.05) is 29.7 Å². The molecule has 2 heterocycles. The number of rotatable bonds is 4. The third-order valence-electron chi connectivity index (χ3n) is 4.84. The lowest BCUT2D eigenvalue weighted by molar-refractivity contribution is -0.132. The third-order valence-corrected chi connectivity index (χ3v) is 4.84. The van der Waals surface area contributed by atoms with Crippen molar-refractivity contribution in [2.75, 3.05) is 12.0 Å². The lowest BCUT2D eigenvalue weighted by Gasteiger charge is -2.25. The van der Waals surface area contributed by atoms with Gasteiger partial charge in [0.05, 0.1) is 18.7 Å². The summed E-state index contributed by atoms with van der Waals surface area (Å²) in [5.41, 5.74) is 1.67. The normalized spacial score (nSPS) is 18.1. The maximum Gasteiger partial charge on any atom is 0.300 e. The molecule has 0 aliphatic carbocycles. The maximum absolute atomic E-state index is 13.0. The number of aliphatic hydroxyl groups excluding tert-OH is 1. The summed E-state index contributed by atoms with van der Waals surface area (Å²) >= 11 is 0. The molecule has 1 N–H and O–H groups in total. The van der Waals surface area contributed by atoms with Crippen LogP contribution in [0.4, 0.5) is 5.69 Å². The standard InChI is InChI=1S/C23H18N2O4/c1-29-18-9-5-8-17(14-18)25-20(15-10-12-24-13-11-15)19(22(27)23(25)28)21(26)16-6-3-2-4-7-16/h2-14,20,26H,1H3/b21-19+. The number of nitrogens with zero attached hydrogens (tertiary/aromatic N) is 2. The second-order valence-electron chi connectivity index (χ2n) is 6.52. The lowest BCUT2D eigenvalue weighted by atomic mass is 9.96. The van der Waals surface area contributed by atoms with Crippen LogP contribution in [0.15, 0.2) is 84.7 Å². The van der Waals surface area contributed by atoms with Crippen molar-refractivity contribution >= 4 is 23.1 Å². The van der Waals surface area contributed by atoms with Gasteiger partial charge in [-0.1, -0.05) is 36.4 Å². The van der Waals surface area contributed by atoms with E-state index in [0.29, 0.717) is 22.6 Å². The molecule has 144 valence electrons. The smallest absolute Gasteiger partial charge is 0.300 e. The molecule has 1 fully saturated rings. The number of carbonyl (C=O) groups excluding carboxylic acids is 2. The van der Waals surface area contributed by atoms with Crippen molar-refractivity contribution in [1.29, 1.82) is 0 Å². The fourth-order valence-corrected chi connectivity index (χ4v) is 3.47. The molecule has 1 aromatic heterocycles. The van der Waals surface area contributed by atoms with Gasteiger partial charge in [0.25, 0.3) is 11.7 Å². The summed E-state index contributed by atoms with van der Waals surface area (Å²) in [5, 5.41) is 10.9. The van der Waals surface area contributed by atoms with Crippen LogP contribution in [0.5, 0.6) is 5.75 Å². The Kier molecular flexibility index (Phi) is 4.83. The van der Waals surface area contributed by atoms with Gasteiger partial charge < -0.3 is 9.84 Å². The van der Waals surface area contributed by atoms with Crippen LogP contribution in [0.2, 0.25) is 0 Å². The SMILES string of the molecule is COc1cccc(N2C(=O)C(=O)/C(=C(/O)c3ccccc3)C2c2ccncc2)c1. The molecule has 29 heavy (non-hydrogen) atoms. The molecule has 0 saturated carbocycles. The number of ether oxygens (including phenoxy) is 1. The Balaban J connectivity index is 1.94. The van der Waals surface area contributed by atoms with Crippen LogP contribution < -0.4 is 9.64 Å². The first-order valence-corrected chi connectivity index (χ1v) is 9.02. The van der Waals surface area contributed by atoms with Crippen LogP contribution in [0, 0.1) is 0 Å². The monoisotopic (exact) mass is 386 g/mol. The van der Waals surface area contributed by atoms with Crippen LogP contribution in [0.1, 0.15) is 17.2 Å². The van der Waals surface area contributed by atoms with Crippen LogP contribution in [-0.4, -0.2) is 28.9 Å². The Morgan fingerprint density at radius 3 is 2.41 bits per heavy atom. The summed E-state index contributed by atoms with van der Waals surface area (Å²) in [6.07, 6.45) is 3.17. The van der Waals surface area contributed by atoms with E-state index in [1.54, 1.807) is 73.1 Å². The summed E-state index contributed by atoms with van der Waals surface area (Å²) in [5.74, 6) is -1.11. The number of hydrogen-bond donors (Lipinski definition) is 1. The molecular formula is C23H18N2O4. The van der Waals surface area contributed by atoms with E-state index in [1.807, 2.05) is 6.07 Å². The molecule has 3 aromatic rings. The number of carbonyl (C=O) groups is 2. The van der Waals surface area contributed by atoms with Crippen molar-refractivity contribution in [1.82, 2.24) is 4.98 Å². The first-order chi connectivity index (χ1) is 14.1. The highest BCUT2D eigenvalue weighted by atomic mass is 16.5. The summed E-state index contributed by atoms with van der Waals surface area (Å²) in [6.45, 7) is 0. The van der Waals surface area contributed by atoms with E-state index >= 15 is 0 Å². The number of Topliss-reactive ketones (excluding diaryl/α,β-unsaturated/α-hetero) is 1. The van der Waals surface area contributed by atoms with Gasteiger partial charge in [0.15, 0.2) is 0 Å². The minimum absolute atomic E-state index is 0.0372. The fraction of sp³-hybridized carbons (Fsp3) is 0.0870. The molecule has 1 unspecified atom stereocenters. The van der Waals surface area contributed by atoms with Gasteiger partial charge in [-0.15, -0.1) is 0 Å². The maximum atomic E-state index is 13.0. The molecule has 0 bridgehead atoms. The summed E-state index contributed by atoms with van der Waals surface area (Å²) in [6, 6.07) is 18.3. The molecule has 1 saturated heterocycles. The Morgan fingerprint density at radius 2 is 1.72 bits per heavy atom. The molecule has 1 atom stereocenters. The number of aliphatic hydroxyl groups is 1. The molecule has 4 rings (SSSR count). The van der Waals surface area contributed by atoms with Gasteiger partial charge in [0.2, 0.25) is 0 Å². The van der Waals surface area contributed by atoms with E-state index in [9.17, 15) is 14.7 Å². The average Bonchev–Trinajstić information content (AvgIpc) is 3.05. The Labute approximate surface area is 167 Å². The van der Waals surface area contributed by atoms with E-state index in [4.69, 9.17) is 4.74 Å². The highest BCUT2D eigenvalue weighted by Gasteiger charge is 2.47. The molecule has 6 nitrogen and oxygen atoms in total. The minimum Gasteiger partial charge on any atom is -0.507 e. The molecule has 0 spiro atoms. The van der Waals surface area contributed by atoms with Gasteiger partial charge in [-0.3, -0.25) is 19.5 Å². The number of benzene rings is 2. The number of ketones is 1. The van der Waals surface area contributed by atoms with Gasteiger partial charge in [-0.05, 0) is 29.8 Å². The summed E-state index contributed by atoms with van der Waals surface area (Å²) < 4.78 is 5.27. The number of methoxy groups -OCH3 is 1. The number of pyridine rings is 1. The zero-order valence-electron chi connectivity index (χ0n) is 15.6. The predicted octanol–water partition coefficient (Wildman–Crippen LogP) is 3.72. The first kappa shape index (κ1) is 18.4. The topological polar surface area (TPSA) is 79.7 Å². The average molecular weight is 386 g/mol. The Hall–Kier alpha value is -3.93. The van der Waals surface area contributed by atoms with Crippen molar-refractivity contribution < 1.29 is 19.4 Å². The van der Waals surface area contributed by atoms with Crippen LogP contribution in [0.3, 0.4) is 0 Å². The Bertz CT molecular complexity index is 1090. The van der Waals surface area contributed by atoms with Crippen molar-refractivity contribution in [2.24, 2.45) is 0 Å². The van der Waals surface area contributed by atoms with Crippen molar-refractivity contribution in [3.8, 4) is 5.75 Å². The summed E-state index contributed by atoms with van der Waals surface area (Å²) in [7, 11) is 1.53. The molecule has 2 aromatic carbocycles. The third kappa shape index (κ3) is 3.25. The Morgan fingerprint density at radius 1 is 1.00 bits per heavy atom. The van der Waals surface area contributed by atoms with E-state index in [1.165, 1.54) is 12.0 Å². The van der Waals surface area contributed by atoms with E-state index < -0.39 is 17.7 Å². The molecule has 1 aliphatic heterocycles. The second-order valence-corrected chi connectivity index (χ2v) is 6.52. The van der Waals surface area contributed by atoms with Crippen molar-refractivity contribution in [3.05, 3.63) is 95.8 Å². The zero-order valence-corrected chi connectivity index (χ0v) is 15.6. The number of amides is 1. The lowest BCUT2D eigenvalue weighted by Crippen LogP contribution is -2.29. The number of hydrogen-bond acceptors (Lipinski definition) is 5. The number of anilines is 1. The zero-order chi connectivity index (χ0) is 20.4. The quantitative estimate of drug-likeness (QED) is 0.420. The van der Waals surface area contributed by atoms with E-state index in [2.05, 4.69) is 4.98 Å². The molecule has 1 aliphatic rings. The van der Waals surface area contributed by atoms with Crippen LogP contribution in [0.25, 0.3) is 5.76 Å². The van der Waals surface area contributed by atoms with Crippen molar-refractivity contribution in [2.45, 2.75) is 6.04 Å². The molecule has 0 radical (unpaired) electrons. The van der Waals surface area contributed by atoms with E-state index in [-0.39, 0.29) is 11.3 Å². The summed E-state index contributed by atoms with van der Waals surface area (Å²) in [4.78, 5) is 31.4. The molecule has 6 heteroatoms.